The van der Waals surface area contributed by atoms with Gasteiger partial charge in [0.2, 0.25) is 0 Å². The van der Waals surface area contributed by atoms with Crippen molar-refractivity contribution in [3.05, 3.63) is 65.2 Å². The average molecular weight is 331 g/mol. The lowest BCUT2D eigenvalue weighted by molar-refractivity contribution is 0.530. The van der Waals surface area contributed by atoms with Gasteiger partial charge in [-0.3, -0.25) is 0 Å². The Morgan fingerprint density at radius 1 is 1.22 bits per heavy atom. The van der Waals surface area contributed by atoms with Crippen molar-refractivity contribution >= 4 is 11.6 Å². The molecule has 7 heteroatoms. The number of aromatic nitrogens is 5. The van der Waals surface area contributed by atoms with Gasteiger partial charge in [-0.05, 0) is 18.1 Å². The molecule has 0 aliphatic carbocycles. The van der Waals surface area contributed by atoms with Crippen molar-refractivity contribution in [2.45, 2.75) is 26.1 Å². The Hall–Kier alpha value is -2.18. The van der Waals surface area contributed by atoms with E-state index in [1.807, 2.05) is 11.6 Å². The molecule has 0 saturated carbocycles. The summed E-state index contributed by atoms with van der Waals surface area (Å²) < 4.78 is 3.70. The summed E-state index contributed by atoms with van der Waals surface area (Å²) in [5.74, 6) is 0.929. The number of hydrogen-bond acceptors (Lipinski definition) is 4. The summed E-state index contributed by atoms with van der Waals surface area (Å²) in [5.41, 5.74) is 2.42. The zero-order valence-electron chi connectivity index (χ0n) is 13.1. The predicted molar refractivity (Wildman–Crippen MR) is 89.0 cm³/mol. The number of halogens is 1. The zero-order chi connectivity index (χ0) is 16.2. The number of nitrogens with one attached hydrogen (secondary N) is 1. The van der Waals surface area contributed by atoms with Crippen molar-refractivity contribution in [3.63, 3.8) is 0 Å². The molecule has 1 unspecified atom stereocenters. The van der Waals surface area contributed by atoms with Gasteiger partial charge in [0.05, 0.1) is 18.8 Å². The largest absolute Gasteiger partial charge is 0.321 e. The first-order chi connectivity index (χ1) is 11.1. The highest BCUT2D eigenvalue weighted by molar-refractivity contribution is 6.29. The Labute approximate surface area is 140 Å². The summed E-state index contributed by atoms with van der Waals surface area (Å²) in [6, 6.07) is 8.60. The monoisotopic (exact) mass is 330 g/mol. The van der Waals surface area contributed by atoms with Gasteiger partial charge in [0.1, 0.15) is 23.6 Å². The van der Waals surface area contributed by atoms with Crippen LogP contribution in [-0.2, 0) is 20.1 Å². The molecule has 0 aliphatic rings. The molecule has 2 aromatic heterocycles. The molecule has 6 nitrogen and oxygen atoms in total. The second kappa shape index (κ2) is 6.93. The summed E-state index contributed by atoms with van der Waals surface area (Å²) in [6.45, 7) is 3.59. The van der Waals surface area contributed by atoms with Crippen LogP contribution in [0.2, 0.25) is 5.15 Å². The van der Waals surface area contributed by atoms with Gasteiger partial charge in [-0.1, -0.05) is 35.9 Å². The maximum atomic E-state index is 6.03. The second-order valence-electron chi connectivity index (χ2n) is 5.51. The summed E-state index contributed by atoms with van der Waals surface area (Å²) in [5, 5.41) is 8.22. The Bertz CT molecular complexity index is 747. The molecule has 0 amide bonds. The van der Waals surface area contributed by atoms with Crippen LogP contribution in [0.4, 0.5) is 0 Å². The van der Waals surface area contributed by atoms with Crippen LogP contribution in [-0.4, -0.2) is 24.3 Å². The molecular formula is C16H19ClN6. The Morgan fingerprint density at radius 3 is 2.57 bits per heavy atom. The number of nitrogens with zero attached hydrogens (tertiary/aromatic N) is 5. The maximum Gasteiger partial charge on any atom is 0.137 e. The van der Waals surface area contributed by atoms with Crippen molar-refractivity contribution in [1.82, 2.24) is 29.6 Å². The molecule has 0 saturated heterocycles. The number of rotatable bonds is 6. The molecule has 0 fully saturated rings. The van der Waals surface area contributed by atoms with Gasteiger partial charge >= 0.3 is 0 Å². The van der Waals surface area contributed by atoms with Crippen LogP contribution >= 0.6 is 11.6 Å². The fourth-order valence-electron chi connectivity index (χ4n) is 2.43. The smallest absolute Gasteiger partial charge is 0.137 e. The molecule has 1 N–H and O–H groups in total. The van der Waals surface area contributed by atoms with E-state index in [1.165, 1.54) is 11.1 Å². The van der Waals surface area contributed by atoms with E-state index in [2.05, 4.69) is 51.6 Å². The number of imidazole rings is 1. The molecule has 2 heterocycles. The van der Waals surface area contributed by atoms with Crippen LogP contribution in [0.25, 0.3) is 0 Å². The summed E-state index contributed by atoms with van der Waals surface area (Å²) in [7, 11) is 1.92. The van der Waals surface area contributed by atoms with Gasteiger partial charge in [-0.2, -0.15) is 5.10 Å². The van der Waals surface area contributed by atoms with E-state index in [0.29, 0.717) is 5.15 Å². The van der Waals surface area contributed by atoms with Gasteiger partial charge < -0.3 is 9.88 Å². The first kappa shape index (κ1) is 15.7. The fourth-order valence-corrected chi connectivity index (χ4v) is 2.57. The molecule has 0 bridgehead atoms. The van der Waals surface area contributed by atoms with Gasteiger partial charge in [0, 0.05) is 13.6 Å². The van der Waals surface area contributed by atoms with Crippen molar-refractivity contribution < 1.29 is 0 Å². The minimum atomic E-state index is 0.127. The van der Waals surface area contributed by atoms with E-state index in [9.17, 15) is 0 Å². The highest BCUT2D eigenvalue weighted by Crippen LogP contribution is 2.16. The van der Waals surface area contributed by atoms with Gasteiger partial charge in [-0.25, -0.2) is 14.6 Å². The third-order valence-corrected chi connectivity index (χ3v) is 4.15. The van der Waals surface area contributed by atoms with Crippen molar-refractivity contribution in [2.75, 3.05) is 0 Å². The predicted octanol–water partition coefficient (Wildman–Crippen LogP) is 2.56. The molecule has 1 aromatic carbocycles. The van der Waals surface area contributed by atoms with Crippen LogP contribution in [0.15, 0.2) is 43.1 Å². The Balaban J connectivity index is 1.57. The van der Waals surface area contributed by atoms with Crippen molar-refractivity contribution in [3.8, 4) is 0 Å². The van der Waals surface area contributed by atoms with E-state index in [-0.39, 0.29) is 6.04 Å². The molecule has 120 valence electrons. The van der Waals surface area contributed by atoms with Crippen molar-refractivity contribution in [2.24, 2.45) is 7.05 Å². The van der Waals surface area contributed by atoms with Crippen LogP contribution in [0.5, 0.6) is 0 Å². The fraction of sp³-hybridized carbons (Fsp3) is 0.312. The molecule has 0 spiro atoms. The lowest BCUT2D eigenvalue weighted by atomic mass is 10.1. The normalized spacial score (nSPS) is 12.5. The molecule has 3 aromatic rings. The van der Waals surface area contributed by atoms with Gasteiger partial charge in [0.25, 0.3) is 0 Å². The molecule has 0 radical (unpaired) electrons. The summed E-state index contributed by atoms with van der Waals surface area (Å²) in [6.07, 6.45) is 4.94. The lowest BCUT2D eigenvalue weighted by Gasteiger charge is -2.14. The van der Waals surface area contributed by atoms with E-state index >= 15 is 0 Å². The van der Waals surface area contributed by atoms with Crippen LogP contribution in [0, 0.1) is 0 Å². The van der Waals surface area contributed by atoms with E-state index < -0.39 is 0 Å². The highest BCUT2D eigenvalue weighted by atomic mass is 35.5. The average Bonchev–Trinajstić information content (AvgIpc) is 3.17. The summed E-state index contributed by atoms with van der Waals surface area (Å²) >= 11 is 6.03. The minimum Gasteiger partial charge on any atom is -0.321 e. The standard InChI is InChI=1S/C16H19ClN6/c1-12(16-20-8-15(17)22(16)2)19-7-13-3-5-14(6-4-13)9-23-11-18-10-21-23/h3-6,8,10-12,19H,7,9H2,1-2H3. The van der Waals surface area contributed by atoms with Crippen LogP contribution < -0.4 is 5.32 Å². The first-order valence-electron chi connectivity index (χ1n) is 7.44. The molecule has 3 rings (SSSR count). The van der Waals surface area contributed by atoms with Gasteiger partial charge in [-0.15, -0.1) is 0 Å². The maximum absolute atomic E-state index is 6.03. The first-order valence-corrected chi connectivity index (χ1v) is 7.82. The number of benzene rings is 1. The molecule has 23 heavy (non-hydrogen) atoms. The van der Waals surface area contributed by atoms with E-state index in [1.54, 1.807) is 23.5 Å². The third-order valence-electron chi connectivity index (χ3n) is 3.80. The lowest BCUT2D eigenvalue weighted by Crippen LogP contribution is -2.21. The SMILES string of the molecule is CC(NCc1ccc(Cn2cncn2)cc1)c1ncc(Cl)n1C. The topological polar surface area (TPSA) is 60.6 Å². The van der Waals surface area contributed by atoms with E-state index in [0.717, 1.165) is 18.9 Å². The summed E-state index contributed by atoms with van der Waals surface area (Å²) in [4.78, 5) is 8.28. The molecule has 1 atom stereocenters. The quantitative estimate of drug-likeness (QED) is 0.754. The van der Waals surface area contributed by atoms with Crippen LogP contribution in [0.1, 0.15) is 29.9 Å². The third kappa shape index (κ3) is 3.78. The number of hydrogen-bond donors (Lipinski definition) is 1. The molecular weight excluding hydrogens is 312 g/mol. The zero-order valence-corrected chi connectivity index (χ0v) is 13.9. The minimum absolute atomic E-state index is 0.127. The van der Waals surface area contributed by atoms with Crippen LogP contribution in [0.3, 0.4) is 0 Å². The van der Waals surface area contributed by atoms with Crippen molar-refractivity contribution in [1.29, 1.82) is 0 Å². The Kier molecular flexibility index (Phi) is 4.73. The van der Waals surface area contributed by atoms with Gasteiger partial charge in [0.15, 0.2) is 0 Å². The second-order valence-corrected chi connectivity index (χ2v) is 5.90. The highest BCUT2D eigenvalue weighted by Gasteiger charge is 2.12. The molecule has 0 aliphatic heterocycles. The Morgan fingerprint density at radius 2 is 1.96 bits per heavy atom. The van der Waals surface area contributed by atoms with E-state index in [4.69, 9.17) is 11.6 Å².